The van der Waals surface area contributed by atoms with Crippen LogP contribution in [0.25, 0.3) is 0 Å². The highest BCUT2D eigenvalue weighted by atomic mass is 32.2. The lowest BCUT2D eigenvalue weighted by atomic mass is 10.2. The third-order valence-corrected chi connectivity index (χ3v) is 7.49. The molecular weight excluding hydrogens is 399 g/mol. The van der Waals surface area contributed by atoms with Crippen LogP contribution >= 0.6 is 11.8 Å². The van der Waals surface area contributed by atoms with Crippen molar-refractivity contribution in [2.45, 2.75) is 17.1 Å². The van der Waals surface area contributed by atoms with Crippen molar-refractivity contribution in [3.8, 4) is 0 Å². The summed E-state index contributed by atoms with van der Waals surface area (Å²) in [6.07, 6.45) is 0.301. The van der Waals surface area contributed by atoms with E-state index in [1.54, 1.807) is 35.2 Å². The second-order valence-electron chi connectivity index (χ2n) is 6.55. The van der Waals surface area contributed by atoms with E-state index in [4.69, 9.17) is 0 Å². The monoisotopic (exact) mass is 422 g/mol. The van der Waals surface area contributed by atoms with Gasteiger partial charge in [0.25, 0.3) is 0 Å². The van der Waals surface area contributed by atoms with E-state index in [0.717, 1.165) is 5.56 Å². The van der Waals surface area contributed by atoms with Crippen LogP contribution in [0.3, 0.4) is 0 Å². The molecule has 8 heteroatoms. The summed E-state index contributed by atoms with van der Waals surface area (Å²) in [5.74, 6) is 0.161. The number of halogens is 1. The molecule has 2 aromatic carbocycles. The minimum absolute atomic E-state index is 0.0241. The zero-order valence-corrected chi connectivity index (χ0v) is 17.1. The summed E-state index contributed by atoms with van der Waals surface area (Å²) in [4.78, 5) is 14.6. The van der Waals surface area contributed by atoms with Crippen LogP contribution in [0.4, 0.5) is 4.39 Å². The molecule has 0 aliphatic carbocycles. The zero-order valence-electron chi connectivity index (χ0n) is 15.5. The van der Waals surface area contributed by atoms with Crippen LogP contribution in [0.2, 0.25) is 0 Å². The number of sulfonamides is 1. The fourth-order valence-electron chi connectivity index (χ4n) is 3.06. The highest BCUT2D eigenvalue weighted by Gasteiger charge is 2.28. The van der Waals surface area contributed by atoms with Crippen molar-refractivity contribution in [1.29, 1.82) is 0 Å². The van der Waals surface area contributed by atoms with Gasteiger partial charge < -0.3 is 4.90 Å². The quantitative estimate of drug-likeness (QED) is 0.644. The Bertz CT molecular complexity index is 899. The van der Waals surface area contributed by atoms with Gasteiger partial charge in [-0.2, -0.15) is 4.31 Å². The van der Waals surface area contributed by atoms with Gasteiger partial charge in [-0.1, -0.05) is 42.5 Å². The summed E-state index contributed by atoms with van der Waals surface area (Å²) in [6.45, 7) is 1.39. The van der Waals surface area contributed by atoms with E-state index in [1.807, 2.05) is 18.2 Å². The van der Waals surface area contributed by atoms with Crippen LogP contribution in [0.5, 0.6) is 0 Å². The highest BCUT2D eigenvalue weighted by Crippen LogP contribution is 2.22. The number of thioether (sulfide) groups is 1. The Morgan fingerprint density at radius 2 is 1.61 bits per heavy atom. The van der Waals surface area contributed by atoms with Crippen LogP contribution in [0, 0.1) is 5.82 Å². The Morgan fingerprint density at radius 3 is 2.29 bits per heavy atom. The van der Waals surface area contributed by atoms with Gasteiger partial charge in [-0.15, -0.1) is 11.8 Å². The maximum absolute atomic E-state index is 13.6. The Labute approximate surface area is 169 Å². The number of amides is 1. The van der Waals surface area contributed by atoms with Gasteiger partial charge in [0.05, 0.1) is 5.75 Å². The molecule has 0 radical (unpaired) electrons. The summed E-state index contributed by atoms with van der Waals surface area (Å²) < 4.78 is 40.2. The molecule has 3 rings (SSSR count). The third-order valence-electron chi connectivity index (χ3n) is 4.59. The Kier molecular flexibility index (Phi) is 7.09. The molecule has 0 bridgehead atoms. The summed E-state index contributed by atoms with van der Waals surface area (Å²) in [5, 5.41) is 0. The first kappa shape index (κ1) is 20.8. The minimum Gasteiger partial charge on any atom is -0.340 e. The van der Waals surface area contributed by atoms with Gasteiger partial charge in [-0.25, -0.2) is 12.8 Å². The molecule has 1 amide bonds. The van der Waals surface area contributed by atoms with Crippen LogP contribution < -0.4 is 0 Å². The van der Waals surface area contributed by atoms with Gasteiger partial charge >= 0.3 is 0 Å². The Balaban J connectivity index is 1.45. The van der Waals surface area contributed by atoms with Gasteiger partial charge in [-0.3, -0.25) is 4.79 Å². The molecule has 1 aliphatic rings. The molecule has 1 fully saturated rings. The Morgan fingerprint density at radius 1 is 0.964 bits per heavy atom. The van der Waals surface area contributed by atoms with E-state index in [1.165, 1.54) is 22.1 Å². The number of carbonyl (C=O) groups is 1. The summed E-state index contributed by atoms with van der Waals surface area (Å²) in [5.41, 5.74) is 0.756. The van der Waals surface area contributed by atoms with E-state index in [-0.39, 0.29) is 17.5 Å². The maximum atomic E-state index is 13.6. The van der Waals surface area contributed by atoms with Crippen LogP contribution in [-0.2, 0) is 20.6 Å². The average molecular weight is 423 g/mol. The molecule has 150 valence electrons. The normalized spacial score (nSPS) is 15.5. The second-order valence-corrected chi connectivity index (χ2v) is 9.66. The van der Waals surface area contributed by atoms with E-state index in [2.05, 4.69) is 0 Å². The zero-order chi connectivity index (χ0) is 20.0. The molecule has 1 saturated heterocycles. The molecule has 0 atom stereocenters. The van der Waals surface area contributed by atoms with E-state index in [0.29, 0.717) is 43.2 Å². The third kappa shape index (κ3) is 5.56. The number of nitrogens with zero attached hydrogens (tertiary/aromatic N) is 2. The summed E-state index contributed by atoms with van der Waals surface area (Å²) in [6, 6.07) is 15.6. The first-order chi connectivity index (χ1) is 13.5. The van der Waals surface area contributed by atoms with Gasteiger partial charge in [0.2, 0.25) is 15.9 Å². The predicted octanol–water partition coefficient (Wildman–Crippen LogP) is 2.98. The lowest BCUT2D eigenvalue weighted by molar-refractivity contribution is -0.131. The number of hydrogen-bond donors (Lipinski definition) is 0. The van der Waals surface area contributed by atoms with E-state index in [9.17, 15) is 17.6 Å². The van der Waals surface area contributed by atoms with Gasteiger partial charge in [0.1, 0.15) is 5.82 Å². The molecule has 28 heavy (non-hydrogen) atoms. The van der Waals surface area contributed by atoms with Crippen LogP contribution in [0.1, 0.15) is 12.0 Å². The number of carbonyl (C=O) groups excluding carboxylic acids is 1. The first-order valence-corrected chi connectivity index (χ1v) is 11.7. The molecule has 0 spiro atoms. The second kappa shape index (κ2) is 9.54. The SMILES string of the molecule is O=C(CCSc1ccccc1F)N1CCN(S(=O)(=O)Cc2ccccc2)CC1. The number of hydrogen-bond acceptors (Lipinski definition) is 4. The van der Waals surface area contributed by atoms with E-state index < -0.39 is 10.0 Å². The van der Waals surface area contributed by atoms with Crippen molar-refractivity contribution in [3.05, 3.63) is 66.0 Å². The smallest absolute Gasteiger partial charge is 0.223 e. The largest absolute Gasteiger partial charge is 0.340 e. The number of rotatable bonds is 7. The fraction of sp³-hybridized carbons (Fsp3) is 0.350. The molecule has 2 aromatic rings. The predicted molar refractivity (Wildman–Crippen MR) is 109 cm³/mol. The van der Waals surface area contributed by atoms with Crippen molar-refractivity contribution < 1.29 is 17.6 Å². The molecule has 0 saturated carbocycles. The molecule has 0 N–H and O–H groups in total. The summed E-state index contributed by atoms with van der Waals surface area (Å²) in [7, 11) is -3.39. The van der Waals surface area contributed by atoms with E-state index >= 15 is 0 Å². The van der Waals surface area contributed by atoms with Crippen molar-refractivity contribution >= 4 is 27.7 Å². The number of benzene rings is 2. The first-order valence-electron chi connectivity index (χ1n) is 9.12. The molecule has 5 nitrogen and oxygen atoms in total. The Hall–Kier alpha value is -1.90. The maximum Gasteiger partial charge on any atom is 0.223 e. The lowest BCUT2D eigenvalue weighted by Gasteiger charge is -2.34. The molecular formula is C20H23FN2O3S2. The van der Waals surface area contributed by atoms with Crippen LogP contribution in [0.15, 0.2) is 59.5 Å². The summed E-state index contributed by atoms with van der Waals surface area (Å²) >= 11 is 1.32. The highest BCUT2D eigenvalue weighted by molar-refractivity contribution is 7.99. The fourth-order valence-corrected chi connectivity index (χ4v) is 5.45. The van der Waals surface area contributed by atoms with Gasteiger partial charge in [-0.05, 0) is 17.7 Å². The molecule has 1 heterocycles. The van der Waals surface area contributed by atoms with Crippen molar-refractivity contribution in [3.63, 3.8) is 0 Å². The van der Waals surface area contributed by atoms with Gasteiger partial charge in [0.15, 0.2) is 0 Å². The number of piperazine rings is 1. The van der Waals surface area contributed by atoms with Crippen LogP contribution in [-0.4, -0.2) is 55.5 Å². The van der Waals surface area contributed by atoms with Crippen molar-refractivity contribution in [2.75, 3.05) is 31.9 Å². The average Bonchev–Trinajstić information content (AvgIpc) is 2.70. The van der Waals surface area contributed by atoms with Crippen molar-refractivity contribution in [1.82, 2.24) is 9.21 Å². The van der Waals surface area contributed by atoms with Crippen molar-refractivity contribution in [2.24, 2.45) is 0 Å². The lowest BCUT2D eigenvalue weighted by Crippen LogP contribution is -2.50. The molecule has 1 aliphatic heterocycles. The topological polar surface area (TPSA) is 57.7 Å². The standard InChI is InChI=1S/C20H23FN2O3S2/c21-18-8-4-5-9-19(18)27-15-10-20(24)22-11-13-23(14-12-22)28(25,26)16-17-6-2-1-3-7-17/h1-9H,10-16H2. The van der Waals surface area contributed by atoms with Gasteiger partial charge in [0, 0.05) is 43.2 Å². The minimum atomic E-state index is -3.39. The molecule has 0 aromatic heterocycles. The molecule has 0 unspecified atom stereocenters.